The molecule has 1 heterocycles. The van der Waals surface area contributed by atoms with Crippen molar-refractivity contribution in [3.05, 3.63) is 29.8 Å². The van der Waals surface area contributed by atoms with Gasteiger partial charge < -0.3 is 14.6 Å². The van der Waals surface area contributed by atoms with Crippen molar-refractivity contribution in [3.63, 3.8) is 0 Å². The van der Waals surface area contributed by atoms with Crippen molar-refractivity contribution in [1.29, 1.82) is 0 Å². The first kappa shape index (κ1) is 11.4. The Morgan fingerprint density at radius 3 is 3.12 bits per heavy atom. The number of hydrogen-bond acceptors (Lipinski definition) is 3. The molecule has 1 aromatic rings. The summed E-state index contributed by atoms with van der Waals surface area (Å²) in [5.41, 5.74) is 1.10. The lowest BCUT2D eigenvalue weighted by Gasteiger charge is -2.17. The quantitative estimate of drug-likeness (QED) is 0.848. The van der Waals surface area contributed by atoms with Gasteiger partial charge in [-0.2, -0.15) is 0 Å². The summed E-state index contributed by atoms with van der Waals surface area (Å²) in [6.45, 7) is 3.55. The first-order valence-electron chi connectivity index (χ1n) is 5.80. The van der Waals surface area contributed by atoms with Gasteiger partial charge in [-0.25, -0.2) is 0 Å². The molecule has 1 aliphatic rings. The maximum Gasteiger partial charge on any atom is 0.119 e. The van der Waals surface area contributed by atoms with Gasteiger partial charge >= 0.3 is 0 Å². The summed E-state index contributed by atoms with van der Waals surface area (Å²) in [4.78, 5) is 0. The zero-order chi connectivity index (χ0) is 11.4. The van der Waals surface area contributed by atoms with Gasteiger partial charge in [-0.3, -0.25) is 0 Å². The molecule has 3 nitrogen and oxygen atoms in total. The van der Waals surface area contributed by atoms with E-state index in [1.807, 2.05) is 31.2 Å². The first-order chi connectivity index (χ1) is 7.85. The van der Waals surface area contributed by atoms with Gasteiger partial charge in [-0.1, -0.05) is 12.1 Å². The number of ether oxygens (including phenoxy) is 2. The summed E-state index contributed by atoms with van der Waals surface area (Å²) >= 11 is 0. The summed E-state index contributed by atoms with van der Waals surface area (Å²) in [7, 11) is 0. The molecule has 1 aliphatic heterocycles. The highest BCUT2D eigenvalue weighted by Gasteiger charge is 2.29. The average Bonchev–Trinajstić information content (AvgIpc) is 2.78. The summed E-state index contributed by atoms with van der Waals surface area (Å²) in [5, 5.41) is 9.26. The predicted octanol–water partition coefficient (Wildman–Crippen LogP) is 2.16. The third-order valence-corrected chi connectivity index (χ3v) is 2.95. The van der Waals surface area contributed by atoms with Crippen molar-refractivity contribution in [3.8, 4) is 5.75 Å². The van der Waals surface area contributed by atoms with E-state index >= 15 is 0 Å². The van der Waals surface area contributed by atoms with E-state index in [4.69, 9.17) is 9.47 Å². The molecule has 0 bridgehead atoms. The van der Waals surface area contributed by atoms with E-state index in [1.165, 1.54) is 0 Å². The van der Waals surface area contributed by atoms with Crippen molar-refractivity contribution in [1.82, 2.24) is 0 Å². The molecule has 16 heavy (non-hydrogen) atoms. The van der Waals surface area contributed by atoms with Crippen LogP contribution in [0.4, 0.5) is 0 Å². The van der Waals surface area contributed by atoms with Crippen LogP contribution in [0.5, 0.6) is 5.75 Å². The Hall–Kier alpha value is -1.06. The molecule has 0 spiro atoms. The molecule has 0 amide bonds. The molecule has 2 rings (SSSR count). The van der Waals surface area contributed by atoms with Gasteiger partial charge in [0.25, 0.3) is 0 Å². The highest BCUT2D eigenvalue weighted by atomic mass is 16.5. The Morgan fingerprint density at radius 2 is 2.38 bits per heavy atom. The van der Waals surface area contributed by atoms with E-state index < -0.39 is 0 Å². The Balaban J connectivity index is 2.16. The van der Waals surface area contributed by atoms with Crippen LogP contribution in [0.3, 0.4) is 0 Å². The van der Waals surface area contributed by atoms with Gasteiger partial charge in [-0.15, -0.1) is 0 Å². The molecular formula is C13H18O3. The van der Waals surface area contributed by atoms with Crippen LogP contribution in [-0.4, -0.2) is 24.9 Å². The Bertz CT molecular complexity index is 338. The van der Waals surface area contributed by atoms with Crippen LogP contribution < -0.4 is 4.74 Å². The standard InChI is InChI=1S/C13H18O3/c1-2-15-12-5-3-4-10(8-12)13-11(9-14)6-7-16-13/h3-5,8,11,13-14H,2,6-7,9H2,1H3. The topological polar surface area (TPSA) is 38.7 Å². The predicted molar refractivity (Wildman–Crippen MR) is 61.5 cm³/mol. The number of aliphatic hydroxyl groups excluding tert-OH is 1. The molecule has 88 valence electrons. The Labute approximate surface area is 96.0 Å². The normalized spacial score (nSPS) is 24.6. The number of hydrogen-bond donors (Lipinski definition) is 1. The van der Waals surface area contributed by atoms with Crippen LogP contribution in [0.15, 0.2) is 24.3 Å². The first-order valence-corrected chi connectivity index (χ1v) is 5.80. The van der Waals surface area contributed by atoms with Crippen molar-refractivity contribution in [2.45, 2.75) is 19.4 Å². The molecule has 0 aromatic heterocycles. The number of rotatable bonds is 4. The number of aliphatic hydroxyl groups is 1. The van der Waals surface area contributed by atoms with Gasteiger partial charge in [0.1, 0.15) is 5.75 Å². The zero-order valence-corrected chi connectivity index (χ0v) is 9.56. The maximum atomic E-state index is 9.26. The van der Waals surface area contributed by atoms with Crippen molar-refractivity contribution >= 4 is 0 Å². The largest absolute Gasteiger partial charge is 0.494 e. The minimum atomic E-state index is 0.0189. The van der Waals surface area contributed by atoms with Crippen LogP contribution >= 0.6 is 0 Å². The maximum absolute atomic E-state index is 9.26. The van der Waals surface area contributed by atoms with E-state index in [1.54, 1.807) is 0 Å². The lowest BCUT2D eigenvalue weighted by Crippen LogP contribution is -2.11. The molecule has 3 heteroatoms. The molecule has 1 fully saturated rings. The minimum Gasteiger partial charge on any atom is -0.494 e. The molecular weight excluding hydrogens is 204 g/mol. The highest BCUT2D eigenvalue weighted by Crippen LogP contribution is 2.35. The van der Waals surface area contributed by atoms with E-state index in [-0.39, 0.29) is 18.6 Å². The third-order valence-electron chi connectivity index (χ3n) is 2.95. The Morgan fingerprint density at radius 1 is 1.50 bits per heavy atom. The summed E-state index contributed by atoms with van der Waals surface area (Å²) < 4.78 is 11.1. The van der Waals surface area contributed by atoms with Gasteiger partial charge in [0.2, 0.25) is 0 Å². The average molecular weight is 222 g/mol. The summed E-state index contributed by atoms with van der Waals surface area (Å²) in [6, 6.07) is 7.94. The molecule has 0 aliphatic carbocycles. The van der Waals surface area contributed by atoms with Gasteiger partial charge in [0, 0.05) is 19.1 Å². The fourth-order valence-corrected chi connectivity index (χ4v) is 2.14. The second-order valence-electron chi connectivity index (χ2n) is 4.03. The van der Waals surface area contributed by atoms with Crippen molar-refractivity contribution in [2.24, 2.45) is 5.92 Å². The molecule has 2 unspecified atom stereocenters. The van der Waals surface area contributed by atoms with Crippen molar-refractivity contribution < 1.29 is 14.6 Å². The van der Waals surface area contributed by atoms with E-state index in [2.05, 4.69) is 0 Å². The molecule has 1 saturated heterocycles. The van der Waals surface area contributed by atoms with Crippen LogP contribution in [0, 0.1) is 5.92 Å². The lowest BCUT2D eigenvalue weighted by molar-refractivity contribution is 0.0718. The fraction of sp³-hybridized carbons (Fsp3) is 0.538. The molecule has 1 N–H and O–H groups in total. The summed E-state index contributed by atoms with van der Waals surface area (Å²) in [6.07, 6.45) is 0.949. The third kappa shape index (κ3) is 2.36. The van der Waals surface area contributed by atoms with Crippen molar-refractivity contribution in [2.75, 3.05) is 19.8 Å². The van der Waals surface area contributed by atoms with Crippen LogP contribution in [0.1, 0.15) is 25.0 Å². The van der Waals surface area contributed by atoms with E-state index in [9.17, 15) is 5.11 Å². The fourth-order valence-electron chi connectivity index (χ4n) is 2.14. The SMILES string of the molecule is CCOc1cccc(C2OCCC2CO)c1. The molecule has 0 radical (unpaired) electrons. The van der Waals surface area contributed by atoms with Gasteiger partial charge in [-0.05, 0) is 31.0 Å². The molecule has 1 aromatic carbocycles. The Kier molecular flexibility index (Phi) is 3.80. The number of benzene rings is 1. The second kappa shape index (κ2) is 5.32. The van der Waals surface area contributed by atoms with Crippen LogP contribution in [0.25, 0.3) is 0 Å². The van der Waals surface area contributed by atoms with Gasteiger partial charge in [0.05, 0.1) is 12.7 Å². The van der Waals surface area contributed by atoms with Crippen LogP contribution in [0.2, 0.25) is 0 Å². The van der Waals surface area contributed by atoms with Gasteiger partial charge in [0.15, 0.2) is 0 Å². The van der Waals surface area contributed by atoms with E-state index in [0.29, 0.717) is 6.61 Å². The zero-order valence-electron chi connectivity index (χ0n) is 9.56. The van der Waals surface area contributed by atoms with E-state index in [0.717, 1.165) is 24.3 Å². The molecule has 2 atom stereocenters. The van der Waals surface area contributed by atoms with Crippen LogP contribution in [-0.2, 0) is 4.74 Å². The smallest absolute Gasteiger partial charge is 0.119 e. The highest BCUT2D eigenvalue weighted by molar-refractivity contribution is 5.30. The lowest BCUT2D eigenvalue weighted by atomic mass is 9.96. The summed E-state index contributed by atoms with van der Waals surface area (Å²) in [5.74, 6) is 1.09. The minimum absolute atomic E-state index is 0.0189. The molecule has 0 saturated carbocycles. The second-order valence-corrected chi connectivity index (χ2v) is 4.03. The monoisotopic (exact) mass is 222 g/mol.